The van der Waals surface area contributed by atoms with Gasteiger partial charge in [0.05, 0.1) is 31.3 Å². The Kier molecular flexibility index (Phi) is 5.52. The molecule has 0 saturated carbocycles. The van der Waals surface area contributed by atoms with E-state index in [9.17, 15) is 14.4 Å². The number of rotatable bonds is 7. The molecular formula is C11H15N3O5. The molecule has 1 rings (SSSR count). The van der Waals surface area contributed by atoms with Crippen LogP contribution in [0.3, 0.4) is 0 Å². The van der Waals surface area contributed by atoms with Gasteiger partial charge in [0.1, 0.15) is 6.54 Å². The number of aryl methyl sites for hydroxylation is 1. The number of esters is 1. The second kappa shape index (κ2) is 7.14. The van der Waals surface area contributed by atoms with Gasteiger partial charge in [0.2, 0.25) is 0 Å². The van der Waals surface area contributed by atoms with Crippen molar-refractivity contribution < 1.29 is 24.2 Å². The largest absolute Gasteiger partial charge is 0.481 e. The van der Waals surface area contributed by atoms with Crippen LogP contribution < -0.4 is 5.32 Å². The molecule has 0 unspecified atom stereocenters. The topological polar surface area (TPSA) is 111 Å². The molecule has 0 atom stereocenters. The van der Waals surface area contributed by atoms with Gasteiger partial charge in [-0.05, 0) is 6.92 Å². The van der Waals surface area contributed by atoms with Crippen molar-refractivity contribution in [1.29, 1.82) is 0 Å². The zero-order valence-electron chi connectivity index (χ0n) is 10.5. The molecule has 0 fully saturated rings. The van der Waals surface area contributed by atoms with E-state index < -0.39 is 17.8 Å². The quantitative estimate of drug-likeness (QED) is 0.655. The Morgan fingerprint density at radius 1 is 1.47 bits per heavy atom. The minimum absolute atomic E-state index is 0.0778. The molecular weight excluding hydrogens is 254 g/mol. The highest BCUT2D eigenvalue weighted by Gasteiger charge is 2.11. The number of aromatic nitrogens is 2. The highest BCUT2D eigenvalue weighted by atomic mass is 16.5. The number of amides is 1. The molecule has 1 aromatic rings. The third kappa shape index (κ3) is 5.19. The van der Waals surface area contributed by atoms with Gasteiger partial charge >= 0.3 is 11.9 Å². The highest BCUT2D eigenvalue weighted by Crippen LogP contribution is 1.99. The first-order valence-electron chi connectivity index (χ1n) is 5.71. The molecule has 19 heavy (non-hydrogen) atoms. The lowest BCUT2D eigenvalue weighted by Gasteiger charge is -2.02. The first-order chi connectivity index (χ1) is 9.02. The number of nitrogens with zero attached hydrogens (tertiary/aromatic N) is 2. The van der Waals surface area contributed by atoms with Gasteiger partial charge in [-0.15, -0.1) is 0 Å². The molecule has 2 N–H and O–H groups in total. The highest BCUT2D eigenvalue weighted by molar-refractivity contribution is 5.95. The summed E-state index contributed by atoms with van der Waals surface area (Å²) in [6, 6.07) is 0. The summed E-state index contributed by atoms with van der Waals surface area (Å²) in [6.07, 6.45) is 2.65. The van der Waals surface area contributed by atoms with Crippen LogP contribution in [0.1, 0.15) is 23.7 Å². The van der Waals surface area contributed by atoms with Crippen molar-refractivity contribution in [2.24, 2.45) is 0 Å². The fourth-order valence-electron chi connectivity index (χ4n) is 1.28. The lowest BCUT2D eigenvalue weighted by atomic mass is 10.3. The van der Waals surface area contributed by atoms with Crippen LogP contribution in [0.25, 0.3) is 0 Å². The van der Waals surface area contributed by atoms with Crippen LogP contribution >= 0.6 is 0 Å². The van der Waals surface area contributed by atoms with Gasteiger partial charge in [-0.1, -0.05) is 0 Å². The smallest absolute Gasteiger partial charge is 0.325 e. The average molecular weight is 269 g/mol. The Morgan fingerprint density at radius 3 is 2.84 bits per heavy atom. The summed E-state index contributed by atoms with van der Waals surface area (Å²) < 4.78 is 6.01. The molecule has 0 aromatic carbocycles. The lowest BCUT2D eigenvalue weighted by Crippen LogP contribution is -2.30. The van der Waals surface area contributed by atoms with Crippen molar-refractivity contribution in [2.75, 3.05) is 13.2 Å². The van der Waals surface area contributed by atoms with E-state index in [4.69, 9.17) is 5.11 Å². The maximum atomic E-state index is 11.6. The molecule has 8 nitrogen and oxygen atoms in total. The summed E-state index contributed by atoms with van der Waals surface area (Å²) in [6.45, 7) is 1.89. The minimum atomic E-state index is -0.941. The zero-order chi connectivity index (χ0) is 14.3. The van der Waals surface area contributed by atoms with Crippen molar-refractivity contribution in [2.45, 2.75) is 19.9 Å². The van der Waals surface area contributed by atoms with Crippen molar-refractivity contribution in [3.63, 3.8) is 0 Å². The van der Waals surface area contributed by atoms with Crippen LogP contribution in [0.5, 0.6) is 0 Å². The predicted molar refractivity (Wildman–Crippen MR) is 63.4 cm³/mol. The number of carboxylic acids is 1. The number of carboxylic acid groups (broad SMARTS) is 1. The number of ether oxygens (including phenoxy) is 1. The number of carbonyl (C=O) groups is 3. The maximum absolute atomic E-state index is 11.6. The number of nitrogens with one attached hydrogen (secondary N) is 1. The number of aliphatic carboxylic acids is 1. The summed E-state index contributed by atoms with van der Waals surface area (Å²) in [5.41, 5.74) is 0.259. The molecule has 0 aliphatic heterocycles. The molecule has 0 aliphatic carbocycles. The molecule has 1 amide bonds. The van der Waals surface area contributed by atoms with Crippen molar-refractivity contribution in [1.82, 2.24) is 15.1 Å². The van der Waals surface area contributed by atoms with E-state index in [1.165, 1.54) is 17.1 Å². The maximum Gasteiger partial charge on any atom is 0.325 e. The van der Waals surface area contributed by atoms with Gasteiger partial charge in [-0.3, -0.25) is 19.1 Å². The molecule has 1 heterocycles. The Balaban J connectivity index is 2.44. The van der Waals surface area contributed by atoms with Gasteiger partial charge in [-0.25, -0.2) is 0 Å². The molecule has 8 heteroatoms. The Bertz CT molecular complexity index is 469. The van der Waals surface area contributed by atoms with Crippen LogP contribution in [0, 0.1) is 0 Å². The lowest BCUT2D eigenvalue weighted by molar-refractivity contribution is -0.142. The second-order valence-electron chi connectivity index (χ2n) is 3.62. The predicted octanol–water partition coefficient (Wildman–Crippen LogP) is -0.349. The molecule has 0 radical (unpaired) electrons. The third-order valence-electron chi connectivity index (χ3n) is 2.15. The van der Waals surface area contributed by atoms with Crippen molar-refractivity contribution in [3.8, 4) is 0 Å². The van der Waals surface area contributed by atoms with Crippen LogP contribution in [0.15, 0.2) is 12.4 Å². The summed E-state index contributed by atoms with van der Waals surface area (Å²) in [7, 11) is 0. The molecule has 1 aromatic heterocycles. The van der Waals surface area contributed by atoms with E-state index in [0.717, 1.165) is 0 Å². The first kappa shape index (κ1) is 14.7. The third-order valence-corrected chi connectivity index (χ3v) is 2.15. The minimum Gasteiger partial charge on any atom is -0.481 e. The summed E-state index contributed by atoms with van der Waals surface area (Å²) >= 11 is 0. The standard InChI is InChI=1S/C11H15N3O5/c1-2-19-10(17)6-12-11(18)8-5-13-14(7-8)4-3-9(15)16/h5,7H,2-4,6H2,1H3,(H,12,18)(H,15,16). The summed E-state index contributed by atoms with van der Waals surface area (Å²) in [4.78, 5) is 33.0. The van der Waals surface area contributed by atoms with E-state index in [1.807, 2.05) is 0 Å². The first-order valence-corrected chi connectivity index (χ1v) is 5.71. The van der Waals surface area contributed by atoms with Gasteiger partial charge in [0, 0.05) is 6.20 Å². The fourth-order valence-corrected chi connectivity index (χ4v) is 1.28. The normalized spacial score (nSPS) is 9.95. The van der Waals surface area contributed by atoms with Crippen molar-refractivity contribution in [3.05, 3.63) is 18.0 Å². The van der Waals surface area contributed by atoms with Crippen LogP contribution in [0.4, 0.5) is 0 Å². The molecule has 0 saturated heterocycles. The van der Waals surface area contributed by atoms with E-state index in [2.05, 4.69) is 15.2 Å². The van der Waals surface area contributed by atoms with Crippen LogP contribution in [-0.4, -0.2) is 45.9 Å². The molecule has 0 spiro atoms. The van der Waals surface area contributed by atoms with Gasteiger partial charge < -0.3 is 15.2 Å². The van der Waals surface area contributed by atoms with E-state index in [-0.39, 0.29) is 31.7 Å². The van der Waals surface area contributed by atoms with E-state index in [0.29, 0.717) is 0 Å². The molecule has 0 aliphatic rings. The number of hydrogen-bond donors (Lipinski definition) is 2. The Labute approximate surface area is 109 Å². The Hall–Kier alpha value is -2.38. The average Bonchev–Trinajstić information content (AvgIpc) is 2.82. The van der Waals surface area contributed by atoms with Gasteiger partial charge in [-0.2, -0.15) is 5.10 Å². The van der Waals surface area contributed by atoms with E-state index in [1.54, 1.807) is 6.92 Å². The monoisotopic (exact) mass is 269 g/mol. The molecule has 104 valence electrons. The second-order valence-corrected chi connectivity index (χ2v) is 3.62. The number of hydrogen-bond acceptors (Lipinski definition) is 5. The van der Waals surface area contributed by atoms with Gasteiger partial charge in [0.15, 0.2) is 0 Å². The van der Waals surface area contributed by atoms with Gasteiger partial charge in [0.25, 0.3) is 5.91 Å². The number of carbonyl (C=O) groups excluding carboxylic acids is 2. The fraction of sp³-hybridized carbons (Fsp3) is 0.455. The van der Waals surface area contributed by atoms with Crippen LogP contribution in [-0.2, 0) is 20.9 Å². The molecule has 0 bridgehead atoms. The summed E-state index contributed by atoms with van der Waals surface area (Å²) in [5, 5.41) is 14.7. The Morgan fingerprint density at radius 2 is 2.21 bits per heavy atom. The SMILES string of the molecule is CCOC(=O)CNC(=O)c1cnn(CCC(=O)O)c1. The van der Waals surface area contributed by atoms with Crippen molar-refractivity contribution >= 4 is 17.8 Å². The summed E-state index contributed by atoms with van der Waals surface area (Å²) in [5.74, 6) is -1.92. The zero-order valence-corrected chi connectivity index (χ0v) is 10.5. The van der Waals surface area contributed by atoms with E-state index >= 15 is 0 Å². The van der Waals surface area contributed by atoms with Crippen LogP contribution in [0.2, 0.25) is 0 Å².